The molecule has 0 fully saturated rings. The van der Waals surface area contributed by atoms with E-state index in [1.165, 1.54) is 11.8 Å². The van der Waals surface area contributed by atoms with Crippen LogP contribution in [-0.2, 0) is 12.3 Å². The number of aromatic nitrogens is 3. The van der Waals surface area contributed by atoms with Gasteiger partial charge in [0.2, 0.25) is 5.89 Å². The zero-order valence-electron chi connectivity index (χ0n) is 14.8. The van der Waals surface area contributed by atoms with Crippen LogP contribution in [0.2, 0.25) is 5.02 Å². The van der Waals surface area contributed by atoms with Gasteiger partial charge in [-0.05, 0) is 18.2 Å². The second-order valence-corrected chi connectivity index (χ2v) is 7.41. The van der Waals surface area contributed by atoms with E-state index in [2.05, 4.69) is 16.5 Å². The van der Waals surface area contributed by atoms with Crippen LogP contribution in [0.15, 0.2) is 81.8 Å². The average Bonchev–Trinajstić information content (AvgIpc) is 3.19. The molecule has 0 radical (unpaired) electrons. The largest absolute Gasteiger partial charge is 0.440 e. The van der Waals surface area contributed by atoms with Crippen molar-refractivity contribution in [2.45, 2.75) is 17.5 Å². The second-order valence-electron chi connectivity index (χ2n) is 6.03. The second kappa shape index (κ2) is 8.04. The van der Waals surface area contributed by atoms with Gasteiger partial charge in [0.25, 0.3) is 5.56 Å². The van der Waals surface area contributed by atoms with Gasteiger partial charge in [0.15, 0.2) is 10.9 Å². The zero-order valence-corrected chi connectivity index (χ0v) is 16.4. The van der Waals surface area contributed by atoms with Crippen molar-refractivity contribution in [2.24, 2.45) is 0 Å². The van der Waals surface area contributed by atoms with E-state index in [1.54, 1.807) is 35.0 Å². The van der Waals surface area contributed by atoms with E-state index in [0.717, 1.165) is 5.56 Å². The molecule has 0 atom stereocenters. The summed E-state index contributed by atoms with van der Waals surface area (Å²) in [5, 5.41) is 1.57. The fourth-order valence-electron chi connectivity index (χ4n) is 2.81. The van der Waals surface area contributed by atoms with Crippen molar-refractivity contribution in [3.63, 3.8) is 0 Å². The van der Waals surface area contributed by atoms with Crippen molar-refractivity contribution in [1.29, 1.82) is 0 Å². The Balaban J connectivity index is 1.63. The number of oxazole rings is 1. The number of benzene rings is 2. The molecule has 4 aromatic rings. The number of hydrogen-bond acceptors (Lipinski definition) is 5. The summed E-state index contributed by atoms with van der Waals surface area (Å²) in [6.07, 6.45) is 3.38. The van der Waals surface area contributed by atoms with Crippen LogP contribution in [0, 0.1) is 0 Å². The maximum atomic E-state index is 12.9. The van der Waals surface area contributed by atoms with E-state index in [9.17, 15) is 4.79 Å². The molecular formula is C21H16ClN3O2S. The lowest BCUT2D eigenvalue weighted by Gasteiger charge is -2.10. The highest BCUT2D eigenvalue weighted by atomic mass is 35.5. The SMILES string of the molecule is C=CCn1c(SCc2ncc(-c3ccccc3)o2)nc2ccc(Cl)cc2c1=O. The minimum atomic E-state index is -0.146. The highest BCUT2D eigenvalue weighted by molar-refractivity contribution is 7.98. The van der Waals surface area contributed by atoms with Crippen molar-refractivity contribution in [3.05, 3.63) is 88.6 Å². The molecule has 0 amide bonds. The highest BCUT2D eigenvalue weighted by Crippen LogP contribution is 2.26. The van der Waals surface area contributed by atoms with Crippen LogP contribution in [0.3, 0.4) is 0 Å². The monoisotopic (exact) mass is 409 g/mol. The molecule has 7 heteroatoms. The van der Waals surface area contributed by atoms with Crippen molar-refractivity contribution in [3.8, 4) is 11.3 Å². The number of hydrogen-bond donors (Lipinski definition) is 0. The van der Waals surface area contributed by atoms with Crippen molar-refractivity contribution in [2.75, 3.05) is 0 Å². The number of halogens is 1. The summed E-state index contributed by atoms with van der Waals surface area (Å²) in [5.41, 5.74) is 1.43. The van der Waals surface area contributed by atoms with Crippen molar-refractivity contribution in [1.82, 2.24) is 14.5 Å². The summed E-state index contributed by atoms with van der Waals surface area (Å²) in [6.45, 7) is 4.10. The van der Waals surface area contributed by atoms with E-state index < -0.39 is 0 Å². The van der Waals surface area contributed by atoms with Crippen LogP contribution < -0.4 is 5.56 Å². The Labute approximate surface area is 170 Å². The van der Waals surface area contributed by atoms with Crippen LogP contribution in [0.5, 0.6) is 0 Å². The first-order valence-corrected chi connectivity index (χ1v) is 9.96. The third kappa shape index (κ3) is 3.74. The first-order valence-electron chi connectivity index (χ1n) is 8.59. The molecule has 0 saturated carbocycles. The van der Waals surface area contributed by atoms with Crippen LogP contribution in [0.4, 0.5) is 0 Å². The number of nitrogens with zero attached hydrogens (tertiary/aromatic N) is 3. The van der Waals surface area contributed by atoms with E-state index in [0.29, 0.717) is 45.0 Å². The molecule has 5 nitrogen and oxygen atoms in total. The third-order valence-electron chi connectivity index (χ3n) is 4.13. The molecule has 4 rings (SSSR count). The molecule has 140 valence electrons. The van der Waals surface area contributed by atoms with Gasteiger partial charge in [0.1, 0.15) is 0 Å². The Hall–Kier alpha value is -2.83. The molecule has 0 aliphatic heterocycles. The van der Waals surface area contributed by atoms with Gasteiger partial charge in [0, 0.05) is 17.1 Å². The number of rotatable bonds is 6. The Morgan fingerprint density at radius 1 is 1.21 bits per heavy atom. The Bertz CT molecular complexity index is 1200. The molecule has 0 aliphatic rings. The van der Waals surface area contributed by atoms with Gasteiger partial charge < -0.3 is 4.42 Å². The molecule has 0 N–H and O–H groups in total. The maximum Gasteiger partial charge on any atom is 0.262 e. The quantitative estimate of drug-likeness (QED) is 0.249. The molecule has 28 heavy (non-hydrogen) atoms. The van der Waals surface area contributed by atoms with Gasteiger partial charge in [-0.15, -0.1) is 6.58 Å². The number of allylic oxidation sites excluding steroid dienone is 1. The summed E-state index contributed by atoms with van der Waals surface area (Å²) in [5.74, 6) is 1.73. The summed E-state index contributed by atoms with van der Waals surface area (Å²) in [6, 6.07) is 14.9. The third-order valence-corrected chi connectivity index (χ3v) is 5.33. The van der Waals surface area contributed by atoms with Crippen molar-refractivity contribution >= 4 is 34.3 Å². The van der Waals surface area contributed by atoms with Crippen molar-refractivity contribution < 1.29 is 4.42 Å². The van der Waals surface area contributed by atoms with E-state index in [1.807, 2.05) is 30.3 Å². The summed E-state index contributed by atoms with van der Waals surface area (Å²) in [7, 11) is 0. The van der Waals surface area contributed by atoms with E-state index in [-0.39, 0.29) is 5.56 Å². The molecule has 0 saturated heterocycles. The summed E-state index contributed by atoms with van der Waals surface area (Å²) < 4.78 is 7.42. The zero-order chi connectivity index (χ0) is 19.5. The minimum Gasteiger partial charge on any atom is -0.440 e. The Morgan fingerprint density at radius 3 is 2.82 bits per heavy atom. The molecule has 2 aromatic heterocycles. The lowest BCUT2D eigenvalue weighted by molar-refractivity contribution is 0.529. The fourth-order valence-corrected chi connectivity index (χ4v) is 3.85. The lowest BCUT2D eigenvalue weighted by atomic mass is 10.2. The predicted octanol–water partition coefficient (Wildman–Crippen LogP) is 5.18. The Morgan fingerprint density at radius 2 is 2.04 bits per heavy atom. The van der Waals surface area contributed by atoms with Gasteiger partial charge in [-0.1, -0.05) is 59.8 Å². The van der Waals surface area contributed by atoms with Gasteiger partial charge in [-0.2, -0.15) is 0 Å². The smallest absolute Gasteiger partial charge is 0.262 e. The molecule has 0 bridgehead atoms. The Kier molecular flexibility index (Phi) is 5.32. The molecule has 0 unspecified atom stereocenters. The number of thioether (sulfide) groups is 1. The van der Waals surface area contributed by atoms with Crippen LogP contribution in [0.25, 0.3) is 22.2 Å². The standard InChI is InChI=1S/C21H16ClN3O2S/c1-2-10-25-20(26)16-11-15(22)8-9-17(16)24-21(25)28-13-19-23-12-18(27-19)14-6-4-3-5-7-14/h2-9,11-12H,1,10,13H2. The van der Waals surface area contributed by atoms with Gasteiger partial charge in [0.05, 0.1) is 22.9 Å². The fraction of sp³-hybridized carbons (Fsp3) is 0.0952. The highest BCUT2D eigenvalue weighted by Gasteiger charge is 2.13. The van der Waals surface area contributed by atoms with E-state index >= 15 is 0 Å². The lowest BCUT2D eigenvalue weighted by Crippen LogP contribution is -2.22. The molecule has 2 aromatic carbocycles. The first kappa shape index (κ1) is 18.5. The van der Waals surface area contributed by atoms with Gasteiger partial charge in [-0.25, -0.2) is 9.97 Å². The average molecular weight is 410 g/mol. The summed E-state index contributed by atoms with van der Waals surface area (Å²) in [4.78, 5) is 21.8. The predicted molar refractivity (Wildman–Crippen MR) is 113 cm³/mol. The topological polar surface area (TPSA) is 60.9 Å². The number of fused-ring (bicyclic) bond motifs is 1. The molecule has 0 spiro atoms. The summed E-state index contributed by atoms with van der Waals surface area (Å²) >= 11 is 7.43. The normalized spacial score (nSPS) is 11.0. The minimum absolute atomic E-state index is 0.146. The molecular weight excluding hydrogens is 394 g/mol. The molecule has 0 aliphatic carbocycles. The molecule has 2 heterocycles. The van der Waals surface area contributed by atoms with E-state index in [4.69, 9.17) is 16.0 Å². The van der Waals surface area contributed by atoms with Crippen LogP contribution in [0.1, 0.15) is 5.89 Å². The van der Waals surface area contributed by atoms with Gasteiger partial charge >= 0.3 is 0 Å². The van der Waals surface area contributed by atoms with Gasteiger partial charge in [-0.3, -0.25) is 9.36 Å². The van der Waals surface area contributed by atoms with Crippen LogP contribution >= 0.6 is 23.4 Å². The maximum absolute atomic E-state index is 12.9. The first-order chi connectivity index (χ1) is 13.7. The van der Waals surface area contributed by atoms with Crippen LogP contribution in [-0.4, -0.2) is 14.5 Å².